The average molecular weight is 298 g/mol. The van der Waals surface area contributed by atoms with Gasteiger partial charge in [0.1, 0.15) is 0 Å². The maximum atomic E-state index is 6.84. The summed E-state index contributed by atoms with van der Waals surface area (Å²) in [6.07, 6.45) is 15.9. The Morgan fingerprint density at radius 1 is 0.818 bits per heavy atom. The summed E-state index contributed by atoms with van der Waals surface area (Å²) in [7, 11) is 0. The van der Waals surface area contributed by atoms with Crippen molar-refractivity contribution in [3.63, 3.8) is 0 Å². The molecule has 4 bridgehead atoms. The number of fused-ring (bicyclic) bond motifs is 12. The van der Waals surface area contributed by atoms with Crippen LogP contribution in [0.3, 0.4) is 0 Å². The summed E-state index contributed by atoms with van der Waals surface area (Å²) in [6.45, 7) is 0. The molecule has 0 aromatic carbocycles. The van der Waals surface area contributed by atoms with Crippen LogP contribution < -0.4 is 0 Å². The van der Waals surface area contributed by atoms with Gasteiger partial charge in [-0.15, -0.1) is 0 Å². The van der Waals surface area contributed by atoms with Gasteiger partial charge in [-0.25, -0.2) is 0 Å². The molecule has 6 fully saturated rings. The third kappa shape index (κ3) is 1.33. The van der Waals surface area contributed by atoms with Gasteiger partial charge in [-0.2, -0.15) is 0 Å². The van der Waals surface area contributed by atoms with Gasteiger partial charge in [0, 0.05) is 0 Å². The Morgan fingerprint density at radius 3 is 2.59 bits per heavy atom. The van der Waals surface area contributed by atoms with E-state index in [1.165, 1.54) is 38.5 Å². The van der Waals surface area contributed by atoms with Crippen molar-refractivity contribution >= 4 is 0 Å². The minimum Gasteiger partial charge on any atom is -0.374 e. The van der Waals surface area contributed by atoms with Gasteiger partial charge in [0.15, 0.2) is 0 Å². The van der Waals surface area contributed by atoms with Crippen LogP contribution in [0.2, 0.25) is 0 Å². The molecular formula is C20H26O2. The first-order valence-electron chi connectivity index (χ1n) is 9.84. The lowest BCUT2D eigenvalue weighted by atomic mass is 9.78. The predicted octanol–water partition coefficient (Wildman–Crippen LogP) is 3.42. The molecular weight excluding hydrogens is 272 g/mol. The van der Waals surface area contributed by atoms with Gasteiger partial charge >= 0.3 is 0 Å². The van der Waals surface area contributed by atoms with Crippen molar-refractivity contribution in [1.82, 2.24) is 0 Å². The van der Waals surface area contributed by atoms with Gasteiger partial charge in [-0.3, -0.25) is 0 Å². The van der Waals surface area contributed by atoms with E-state index in [2.05, 4.69) is 12.2 Å². The molecule has 7 rings (SSSR count). The van der Waals surface area contributed by atoms with Gasteiger partial charge < -0.3 is 9.47 Å². The smallest absolute Gasteiger partial charge is 0.0875 e. The van der Waals surface area contributed by atoms with Crippen molar-refractivity contribution < 1.29 is 9.47 Å². The molecule has 7 aliphatic rings. The van der Waals surface area contributed by atoms with Gasteiger partial charge in [0.25, 0.3) is 0 Å². The van der Waals surface area contributed by atoms with Crippen LogP contribution in [0, 0.1) is 47.3 Å². The first kappa shape index (κ1) is 12.1. The fourth-order valence-corrected chi connectivity index (χ4v) is 8.30. The van der Waals surface area contributed by atoms with E-state index >= 15 is 0 Å². The van der Waals surface area contributed by atoms with Crippen molar-refractivity contribution in [2.45, 2.75) is 62.9 Å². The second-order valence-corrected chi connectivity index (χ2v) is 9.52. The van der Waals surface area contributed by atoms with Crippen molar-refractivity contribution in [1.29, 1.82) is 0 Å². The molecule has 12 unspecified atom stereocenters. The molecule has 1 heterocycles. The fourth-order valence-electron chi connectivity index (χ4n) is 8.30. The molecule has 0 aromatic rings. The Kier molecular flexibility index (Phi) is 2.10. The van der Waals surface area contributed by atoms with Crippen molar-refractivity contribution in [3.05, 3.63) is 12.2 Å². The fraction of sp³-hybridized carbons (Fsp3) is 0.900. The summed E-state index contributed by atoms with van der Waals surface area (Å²) in [5, 5.41) is 0. The van der Waals surface area contributed by atoms with E-state index in [-0.39, 0.29) is 0 Å². The Balaban J connectivity index is 1.09. The second kappa shape index (κ2) is 3.83. The van der Waals surface area contributed by atoms with E-state index in [1.54, 1.807) is 0 Å². The van der Waals surface area contributed by atoms with E-state index < -0.39 is 0 Å². The molecule has 2 nitrogen and oxygen atoms in total. The van der Waals surface area contributed by atoms with E-state index in [0.717, 1.165) is 47.3 Å². The van der Waals surface area contributed by atoms with Crippen LogP contribution in [-0.2, 0) is 9.47 Å². The zero-order valence-electron chi connectivity index (χ0n) is 13.1. The molecule has 5 saturated carbocycles. The molecule has 0 amide bonds. The van der Waals surface area contributed by atoms with Gasteiger partial charge in [-0.05, 0) is 85.9 Å². The minimum absolute atomic E-state index is 0.612. The van der Waals surface area contributed by atoms with Crippen molar-refractivity contribution in [3.8, 4) is 0 Å². The van der Waals surface area contributed by atoms with Crippen molar-refractivity contribution in [2.75, 3.05) is 0 Å². The average Bonchev–Trinajstić information content (AvgIpc) is 3.12. The highest BCUT2D eigenvalue weighted by Crippen LogP contribution is 2.65. The van der Waals surface area contributed by atoms with E-state index in [0.29, 0.717) is 24.4 Å². The lowest BCUT2D eigenvalue weighted by Crippen LogP contribution is -2.39. The van der Waals surface area contributed by atoms with Crippen LogP contribution in [0.15, 0.2) is 12.2 Å². The maximum absolute atomic E-state index is 6.84. The molecule has 118 valence electrons. The van der Waals surface area contributed by atoms with Crippen LogP contribution >= 0.6 is 0 Å². The monoisotopic (exact) mass is 298 g/mol. The van der Waals surface area contributed by atoms with Gasteiger partial charge in [0.05, 0.1) is 24.4 Å². The third-order valence-corrected chi connectivity index (χ3v) is 8.97. The van der Waals surface area contributed by atoms with Crippen LogP contribution in [0.5, 0.6) is 0 Å². The molecule has 12 atom stereocenters. The number of ether oxygens (including phenoxy) is 2. The quantitative estimate of drug-likeness (QED) is 0.575. The summed E-state index contributed by atoms with van der Waals surface area (Å²) < 4.78 is 12.7. The number of hydrogen-bond acceptors (Lipinski definition) is 2. The van der Waals surface area contributed by atoms with Crippen LogP contribution in [0.4, 0.5) is 0 Å². The molecule has 0 radical (unpaired) electrons. The Bertz CT molecular complexity index is 556. The van der Waals surface area contributed by atoms with E-state index in [4.69, 9.17) is 9.47 Å². The highest BCUT2D eigenvalue weighted by atomic mass is 16.6. The van der Waals surface area contributed by atoms with E-state index in [1.807, 2.05) is 0 Å². The Morgan fingerprint density at radius 2 is 1.64 bits per heavy atom. The predicted molar refractivity (Wildman–Crippen MR) is 82.1 cm³/mol. The zero-order valence-corrected chi connectivity index (χ0v) is 13.1. The molecule has 22 heavy (non-hydrogen) atoms. The van der Waals surface area contributed by atoms with Gasteiger partial charge in [0.2, 0.25) is 0 Å². The molecule has 0 N–H and O–H groups in total. The summed E-state index contributed by atoms with van der Waals surface area (Å²) in [5.74, 6) is 7.44. The SMILES string of the molecule is C1=CC2C3CC(OC4CC5CC4C4CC6OC6C54)C(C3)C2C1. The second-order valence-electron chi connectivity index (χ2n) is 9.52. The number of rotatable bonds is 2. The largest absolute Gasteiger partial charge is 0.374 e. The zero-order chi connectivity index (χ0) is 14.0. The first-order chi connectivity index (χ1) is 10.9. The lowest BCUT2D eigenvalue weighted by molar-refractivity contribution is -0.0935. The molecule has 1 saturated heterocycles. The molecule has 0 spiro atoms. The normalized spacial score (nSPS) is 68.5. The highest BCUT2D eigenvalue weighted by Gasteiger charge is 2.67. The Hall–Kier alpha value is -0.340. The van der Waals surface area contributed by atoms with Crippen molar-refractivity contribution in [2.24, 2.45) is 47.3 Å². The van der Waals surface area contributed by atoms with Crippen LogP contribution in [0.25, 0.3) is 0 Å². The van der Waals surface area contributed by atoms with Gasteiger partial charge in [-0.1, -0.05) is 12.2 Å². The summed E-state index contributed by atoms with van der Waals surface area (Å²) >= 11 is 0. The minimum atomic E-state index is 0.612. The molecule has 1 aliphatic heterocycles. The lowest BCUT2D eigenvalue weighted by Gasteiger charge is -2.38. The summed E-state index contributed by atoms with van der Waals surface area (Å²) in [6, 6.07) is 0. The maximum Gasteiger partial charge on any atom is 0.0875 e. The molecule has 0 aromatic heterocycles. The summed E-state index contributed by atoms with van der Waals surface area (Å²) in [4.78, 5) is 0. The molecule has 6 aliphatic carbocycles. The number of hydrogen-bond donors (Lipinski definition) is 0. The Labute approximate surface area is 132 Å². The van der Waals surface area contributed by atoms with Crippen LogP contribution in [0.1, 0.15) is 38.5 Å². The van der Waals surface area contributed by atoms with Crippen LogP contribution in [-0.4, -0.2) is 24.4 Å². The third-order valence-electron chi connectivity index (χ3n) is 8.97. The number of allylic oxidation sites excluding steroid dienone is 2. The standard InChI is InChI=1S/C20H26O2/c1-2-11-9-4-13(12(11)3-1)16(6-9)21-17-7-10-5-14(17)15-8-18-20(22-18)19(10)15/h1-2,9-20H,3-8H2. The number of epoxide rings is 1. The first-order valence-corrected chi connectivity index (χ1v) is 9.84. The highest BCUT2D eigenvalue weighted by molar-refractivity contribution is 5.16. The summed E-state index contributed by atoms with van der Waals surface area (Å²) in [5.41, 5.74) is 0. The topological polar surface area (TPSA) is 21.8 Å². The molecule has 2 heteroatoms. The van der Waals surface area contributed by atoms with E-state index in [9.17, 15) is 0 Å².